The number of hydrogen-bond donors (Lipinski definition) is 1. The van der Waals surface area contributed by atoms with Crippen LogP contribution < -0.4 is 5.32 Å². The molecule has 0 aromatic rings. The van der Waals surface area contributed by atoms with Crippen molar-refractivity contribution in [3.8, 4) is 0 Å². The summed E-state index contributed by atoms with van der Waals surface area (Å²) in [5.41, 5.74) is 0.0666. The van der Waals surface area contributed by atoms with E-state index in [1.165, 1.54) is 0 Å². The third-order valence-electron chi connectivity index (χ3n) is 4.31. The van der Waals surface area contributed by atoms with Gasteiger partial charge in [0.15, 0.2) is 0 Å². The molecule has 19 heavy (non-hydrogen) atoms. The van der Waals surface area contributed by atoms with Crippen molar-refractivity contribution in [3.63, 3.8) is 0 Å². The van der Waals surface area contributed by atoms with Crippen LogP contribution in [0.5, 0.6) is 0 Å². The van der Waals surface area contributed by atoms with Gasteiger partial charge in [-0.3, -0.25) is 9.59 Å². The lowest BCUT2D eigenvalue weighted by Gasteiger charge is -2.35. The molecule has 0 heterocycles. The van der Waals surface area contributed by atoms with Crippen molar-refractivity contribution in [2.45, 2.75) is 53.5 Å². The van der Waals surface area contributed by atoms with Crippen molar-refractivity contribution in [2.75, 3.05) is 13.6 Å². The van der Waals surface area contributed by atoms with Crippen LogP contribution in [0.1, 0.15) is 47.5 Å². The first-order valence-electron chi connectivity index (χ1n) is 7.18. The molecular formula is C15H28N2O2. The molecule has 1 N–H and O–H groups in total. The van der Waals surface area contributed by atoms with Gasteiger partial charge in [0.25, 0.3) is 0 Å². The first-order valence-corrected chi connectivity index (χ1v) is 7.18. The van der Waals surface area contributed by atoms with Gasteiger partial charge >= 0.3 is 0 Å². The minimum Gasteiger partial charge on any atom is -0.355 e. The Balaban J connectivity index is 2.29. The number of carbonyl (C=O) groups is 2. The summed E-state index contributed by atoms with van der Waals surface area (Å²) in [6, 6.07) is 0.180. The van der Waals surface area contributed by atoms with E-state index >= 15 is 0 Å². The maximum absolute atomic E-state index is 12.0. The second kappa shape index (κ2) is 5.93. The van der Waals surface area contributed by atoms with Crippen LogP contribution in [0.2, 0.25) is 0 Å². The normalized spacial score (nSPS) is 23.7. The Kier molecular flexibility index (Phi) is 4.99. The van der Waals surface area contributed by atoms with Gasteiger partial charge in [0, 0.05) is 32.0 Å². The minimum absolute atomic E-state index is 0.0666. The van der Waals surface area contributed by atoms with Gasteiger partial charge in [-0.25, -0.2) is 0 Å². The Hall–Kier alpha value is -1.06. The number of nitrogens with one attached hydrogen (secondary N) is 1. The van der Waals surface area contributed by atoms with Crippen molar-refractivity contribution in [1.29, 1.82) is 0 Å². The van der Waals surface area contributed by atoms with Gasteiger partial charge in [0.2, 0.25) is 11.8 Å². The second-order valence-corrected chi connectivity index (χ2v) is 6.91. The Bertz CT molecular complexity index is 347. The summed E-state index contributed by atoms with van der Waals surface area (Å²) in [5.74, 6) is 0.888. The van der Waals surface area contributed by atoms with Crippen LogP contribution in [0.4, 0.5) is 0 Å². The average Bonchev–Trinajstić information content (AvgIpc) is 3.03. The summed E-state index contributed by atoms with van der Waals surface area (Å²) < 4.78 is 0. The van der Waals surface area contributed by atoms with E-state index < -0.39 is 0 Å². The molecule has 2 amide bonds. The summed E-state index contributed by atoms with van der Waals surface area (Å²) in [4.78, 5) is 25.4. The van der Waals surface area contributed by atoms with Crippen LogP contribution >= 0.6 is 0 Å². The first kappa shape index (κ1) is 16.0. The van der Waals surface area contributed by atoms with Crippen molar-refractivity contribution in [2.24, 2.45) is 17.3 Å². The van der Waals surface area contributed by atoms with E-state index in [0.29, 0.717) is 18.9 Å². The molecule has 1 saturated carbocycles. The highest BCUT2D eigenvalue weighted by Crippen LogP contribution is 2.37. The fraction of sp³-hybridized carbons (Fsp3) is 0.867. The molecule has 4 heteroatoms. The predicted molar refractivity (Wildman–Crippen MR) is 76.6 cm³/mol. The SMILES string of the molecule is CC1CC1C(=O)NCCC(=O)N(C)C(C)C(C)(C)C. The molecule has 0 aromatic carbocycles. The molecule has 110 valence electrons. The number of amides is 2. The van der Waals surface area contributed by atoms with Gasteiger partial charge in [-0.05, 0) is 24.7 Å². The molecule has 0 aliphatic heterocycles. The fourth-order valence-electron chi connectivity index (χ4n) is 2.08. The number of rotatable bonds is 5. The molecule has 1 fully saturated rings. The average molecular weight is 268 g/mol. The molecule has 0 aromatic heterocycles. The lowest BCUT2D eigenvalue weighted by molar-refractivity contribution is -0.133. The van der Waals surface area contributed by atoms with Crippen molar-refractivity contribution in [1.82, 2.24) is 10.2 Å². The van der Waals surface area contributed by atoms with Crippen LogP contribution in [-0.4, -0.2) is 36.3 Å². The lowest BCUT2D eigenvalue weighted by Crippen LogP contribution is -2.44. The zero-order valence-electron chi connectivity index (χ0n) is 13.1. The largest absolute Gasteiger partial charge is 0.355 e. The van der Waals surface area contributed by atoms with Crippen LogP contribution in [0, 0.1) is 17.3 Å². The fourth-order valence-corrected chi connectivity index (χ4v) is 2.08. The van der Waals surface area contributed by atoms with Crippen molar-refractivity contribution in [3.05, 3.63) is 0 Å². The maximum Gasteiger partial charge on any atom is 0.224 e. The summed E-state index contributed by atoms with van der Waals surface area (Å²) in [6.45, 7) is 11.0. The molecule has 0 radical (unpaired) electrons. The van der Waals surface area contributed by atoms with Crippen molar-refractivity contribution < 1.29 is 9.59 Å². The molecule has 0 saturated heterocycles. The summed E-state index contributed by atoms with van der Waals surface area (Å²) in [7, 11) is 1.84. The molecule has 1 rings (SSSR count). The monoisotopic (exact) mass is 268 g/mol. The molecule has 3 unspecified atom stereocenters. The van der Waals surface area contributed by atoms with Gasteiger partial charge < -0.3 is 10.2 Å². The number of hydrogen-bond acceptors (Lipinski definition) is 2. The zero-order chi connectivity index (χ0) is 14.8. The standard InChI is InChI=1S/C15H28N2O2/c1-10-9-12(10)14(19)16-8-7-13(18)17(6)11(2)15(3,4)5/h10-12H,7-9H2,1-6H3,(H,16,19). The van der Waals surface area contributed by atoms with Crippen LogP contribution in [0.15, 0.2) is 0 Å². The number of nitrogens with zero attached hydrogens (tertiary/aromatic N) is 1. The lowest BCUT2D eigenvalue weighted by atomic mass is 9.87. The predicted octanol–water partition coefficient (Wildman–Crippen LogP) is 2.04. The third kappa shape index (κ3) is 4.51. The highest BCUT2D eigenvalue weighted by atomic mass is 16.2. The molecule has 0 bridgehead atoms. The maximum atomic E-state index is 12.0. The summed E-state index contributed by atoms with van der Waals surface area (Å²) in [5, 5.41) is 2.85. The summed E-state index contributed by atoms with van der Waals surface area (Å²) in [6.07, 6.45) is 1.37. The Morgan fingerprint density at radius 1 is 1.37 bits per heavy atom. The van der Waals surface area contributed by atoms with Crippen LogP contribution in [0.3, 0.4) is 0 Å². The van der Waals surface area contributed by atoms with E-state index in [-0.39, 0.29) is 29.2 Å². The Labute approximate surface area is 116 Å². The molecular weight excluding hydrogens is 240 g/mol. The molecule has 1 aliphatic rings. The van der Waals surface area contributed by atoms with Crippen molar-refractivity contribution >= 4 is 11.8 Å². The van der Waals surface area contributed by atoms with E-state index in [0.717, 1.165) is 6.42 Å². The third-order valence-corrected chi connectivity index (χ3v) is 4.31. The van der Waals surface area contributed by atoms with Crippen LogP contribution in [-0.2, 0) is 9.59 Å². The smallest absolute Gasteiger partial charge is 0.224 e. The van der Waals surface area contributed by atoms with Gasteiger partial charge in [-0.15, -0.1) is 0 Å². The molecule has 1 aliphatic carbocycles. The van der Waals surface area contributed by atoms with Gasteiger partial charge in [0.05, 0.1) is 0 Å². The van der Waals surface area contributed by atoms with E-state index in [2.05, 4.69) is 39.9 Å². The van der Waals surface area contributed by atoms with E-state index in [9.17, 15) is 9.59 Å². The van der Waals surface area contributed by atoms with E-state index in [1.54, 1.807) is 4.90 Å². The van der Waals surface area contributed by atoms with E-state index in [1.807, 2.05) is 7.05 Å². The van der Waals surface area contributed by atoms with E-state index in [4.69, 9.17) is 0 Å². The zero-order valence-corrected chi connectivity index (χ0v) is 13.1. The topological polar surface area (TPSA) is 49.4 Å². The molecule has 3 atom stereocenters. The molecule has 4 nitrogen and oxygen atoms in total. The first-order chi connectivity index (χ1) is 8.64. The highest BCUT2D eigenvalue weighted by Gasteiger charge is 2.38. The summed E-state index contributed by atoms with van der Waals surface area (Å²) >= 11 is 0. The number of carbonyl (C=O) groups excluding carboxylic acids is 2. The quantitative estimate of drug-likeness (QED) is 0.829. The Morgan fingerprint density at radius 3 is 2.32 bits per heavy atom. The van der Waals surface area contributed by atoms with Gasteiger partial charge in [-0.1, -0.05) is 27.7 Å². The molecule has 0 spiro atoms. The van der Waals surface area contributed by atoms with Crippen LogP contribution in [0.25, 0.3) is 0 Å². The van der Waals surface area contributed by atoms with Gasteiger partial charge in [-0.2, -0.15) is 0 Å². The highest BCUT2D eigenvalue weighted by molar-refractivity contribution is 5.82. The minimum atomic E-state index is 0.0666. The van der Waals surface area contributed by atoms with Gasteiger partial charge in [0.1, 0.15) is 0 Å². The second-order valence-electron chi connectivity index (χ2n) is 6.91. The Morgan fingerprint density at radius 2 is 1.89 bits per heavy atom.